The first kappa shape index (κ1) is 16.0. The van der Waals surface area contributed by atoms with Crippen LogP contribution in [0.15, 0.2) is 51.5 Å². The van der Waals surface area contributed by atoms with E-state index in [1.807, 2.05) is 11.5 Å². The third-order valence-corrected chi connectivity index (χ3v) is 4.14. The number of rotatable bonds is 3. The predicted molar refractivity (Wildman–Crippen MR) is 84.3 cm³/mol. The largest absolute Gasteiger partial charge is 0.478 e. The van der Waals surface area contributed by atoms with Crippen molar-refractivity contribution in [3.05, 3.63) is 52.1 Å². The average molecular weight is 318 g/mol. The number of carboxylic acid groups (broad SMARTS) is 1. The number of carbonyl (C=O) groups excluding carboxylic acids is 1. The van der Waals surface area contributed by atoms with Crippen LogP contribution in [-0.2, 0) is 9.59 Å². The molecule has 0 fully saturated rings. The number of nitrogens with one attached hydrogen (secondary N) is 1. The van der Waals surface area contributed by atoms with Gasteiger partial charge in [0.1, 0.15) is 10.6 Å². The molecule has 0 unspecified atom stereocenters. The van der Waals surface area contributed by atoms with Crippen molar-refractivity contribution in [2.45, 2.75) is 13.8 Å². The summed E-state index contributed by atoms with van der Waals surface area (Å²) in [6.07, 6.45) is 0. The van der Waals surface area contributed by atoms with E-state index in [0.29, 0.717) is 21.7 Å². The number of nitrogens with zero attached hydrogens (tertiary/aromatic N) is 1. The van der Waals surface area contributed by atoms with Crippen LogP contribution in [0.25, 0.3) is 5.57 Å². The Labute approximate surface area is 131 Å². The first-order valence-electron chi connectivity index (χ1n) is 6.37. The van der Waals surface area contributed by atoms with Gasteiger partial charge in [0.25, 0.3) is 0 Å². The number of aliphatic imine (C=N–C) groups is 1. The fraction of sp³-hybridized carbons (Fsp3) is 0.133. The van der Waals surface area contributed by atoms with Crippen molar-refractivity contribution in [3.8, 4) is 0 Å². The molecule has 1 aliphatic rings. The van der Waals surface area contributed by atoms with Crippen LogP contribution in [0.1, 0.15) is 19.4 Å². The van der Waals surface area contributed by atoms with Crippen LogP contribution in [0, 0.1) is 0 Å². The fourth-order valence-electron chi connectivity index (χ4n) is 2.03. The molecule has 0 atom stereocenters. The summed E-state index contributed by atoms with van der Waals surface area (Å²) < 4.78 is 0. The number of carbonyl (C=O) groups is 2. The summed E-state index contributed by atoms with van der Waals surface area (Å²) in [6.45, 7) is 2.87. The first-order valence-corrected chi connectivity index (χ1v) is 7.19. The summed E-state index contributed by atoms with van der Waals surface area (Å²) in [5.41, 5.74) is 3.47. The highest BCUT2D eigenvalue weighted by molar-refractivity contribution is 8.19. The number of hydrogen-bond acceptors (Lipinski definition) is 5. The van der Waals surface area contributed by atoms with Crippen molar-refractivity contribution in [3.63, 3.8) is 0 Å². The minimum Gasteiger partial charge on any atom is -0.478 e. The zero-order valence-electron chi connectivity index (χ0n) is 12.0. The number of amides is 1. The lowest BCUT2D eigenvalue weighted by atomic mass is 9.99. The molecule has 1 amide bonds. The van der Waals surface area contributed by atoms with Crippen molar-refractivity contribution >= 4 is 34.3 Å². The molecule has 0 radical (unpaired) electrons. The van der Waals surface area contributed by atoms with Crippen molar-refractivity contribution in [1.29, 1.82) is 0 Å². The highest BCUT2D eigenvalue weighted by atomic mass is 32.2. The lowest BCUT2D eigenvalue weighted by Gasteiger charge is -2.09. The van der Waals surface area contributed by atoms with Gasteiger partial charge in [0.2, 0.25) is 5.91 Å². The van der Waals surface area contributed by atoms with Gasteiger partial charge >= 0.3 is 5.97 Å². The SMILES string of the molecule is CC(=O)N=C1SC(=C(C)NO)C(c2ccccc2)=C1C(=O)O. The molecule has 2 rings (SSSR count). The highest BCUT2D eigenvalue weighted by Crippen LogP contribution is 2.45. The molecule has 1 heterocycles. The number of thioether (sulfide) groups is 1. The van der Waals surface area contributed by atoms with E-state index in [2.05, 4.69) is 4.99 Å². The zero-order valence-corrected chi connectivity index (χ0v) is 12.8. The van der Waals surface area contributed by atoms with Crippen LogP contribution >= 0.6 is 11.8 Å². The molecular weight excluding hydrogens is 304 g/mol. The van der Waals surface area contributed by atoms with Crippen molar-refractivity contribution in [1.82, 2.24) is 5.48 Å². The number of aliphatic carboxylic acids is 1. The van der Waals surface area contributed by atoms with E-state index in [1.165, 1.54) is 6.92 Å². The number of benzene rings is 1. The monoisotopic (exact) mass is 318 g/mol. The summed E-state index contributed by atoms with van der Waals surface area (Å²) in [6, 6.07) is 8.91. The second-order valence-electron chi connectivity index (χ2n) is 4.53. The summed E-state index contributed by atoms with van der Waals surface area (Å²) in [4.78, 5) is 27.2. The Hall–Kier alpha value is -2.38. The van der Waals surface area contributed by atoms with Crippen molar-refractivity contribution < 1.29 is 19.9 Å². The van der Waals surface area contributed by atoms with Crippen LogP contribution in [0.2, 0.25) is 0 Å². The van der Waals surface area contributed by atoms with Crippen LogP contribution < -0.4 is 5.48 Å². The molecule has 7 heteroatoms. The fourth-order valence-corrected chi connectivity index (χ4v) is 3.21. The summed E-state index contributed by atoms with van der Waals surface area (Å²) in [5, 5.41) is 18.8. The van der Waals surface area contributed by atoms with E-state index in [0.717, 1.165) is 11.8 Å². The molecular formula is C15H14N2O4S. The summed E-state index contributed by atoms with van der Waals surface area (Å²) in [5.74, 6) is -1.66. The molecule has 22 heavy (non-hydrogen) atoms. The summed E-state index contributed by atoms with van der Waals surface area (Å²) in [7, 11) is 0. The predicted octanol–water partition coefficient (Wildman–Crippen LogP) is 2.43. The van der Waals surface area contributed by atoms with Gasteiger partial charge < -0.3 is 5.11 Å². The molecule has 6 nitrogen and oxygen atoms in total. The Balaban J connectivity index is 2.78. The molecule has 0 saturated heterocycles. The number of hydroxylamine groups is 1. The second kappa shape index (κ2) is 6.59. The lowest BCUT2D eigenvalue weighted by Crippen LogP contribution is -2.09. The molecule has 0 bridgehead atoms. The molecule has 0 spiro atoms. The normalized spacial score (nSPS) is 18.6. The van der Waals surface area contributed by atoms with E-state index < -0.39 is 11.9 Å². The van der Waals surface area contributed by atoms with Crippen molar-refractivity contribution in [2.75, 3.05) is 0 Å². The van der Waals surface area contributed by atoms with Gasteiger partial charge in [-0.3, -0.25) is 15.5 Å². The molecule has 1 aromatic rings. The molecule has 1 aromatic carbocycles. The standard InChI is InChI=1S/C15H14N2O4S/c1-8(17-21)13-11(10-6-4-3-5-7-10)12(15(19)20)14(22-13)16-9(2)18/h3-7,17,21H,1-2H3,(H,19,20). The lowest BCUT2D eigenvalue weighted by molar-refractivity contribution is -0.131. The topological polar surface area (TPSA) is 99.0 Å². The van der Waals surface area contributed by atoms with Crippen molar-refractivity contribution in [2.24, 2.45) is 4.99 Å². The van der Waals surface area contributed by atoms with Gasteiger partial charge in [0.15, 0.2) is 0 Å². The minimum absolute atomic E-state index is 0.0454. The average Bonchev–Trinajstić information content (AvgIpc) is 2.85. The number of allylic oxidation sites excluding steroid dienone is 2. The maximum atomic E-state index is 11.7. The third kappa shape index (κ3) is 3.10. The van der Waals surface area contributed by atoms with Gasteiger partial charge in [-0.15, -0.1) is 0 Å². The molecule has 1 aliphatic heterocycles. The second-order valence-corrected chi connectivity index (χ2v) is 5.52. The Morgan fingerprint density at radius 3 is 2.32 bits per heavy atom. The smallest absolute Gasteiger partial charge is 0.339 e. The van der Waals surface area contributed by atoms with Gasteiger partial charge in [-0.2, -0.15) is 0 Å². The maximum Gasteiger partial charge on any atom is 0.339 e. The summed E-state index contributed by atoms with van der Waals surface area (Å²) >= 11 is 1.04. The Kier molecular flexibility index (Phi) is 4.79. The molecule has 0 aliphatic carbocycles. The van der Waals surface area contributed by atoms with Gasteiger partial charge in [-0.25, -0.2) is 9.79 Å². The Morgan fingerprint density at radius 1 is 1.18 bits per heavy atom. The number of hydrogen-bond donors (Lipinski definition) is 3. The van der Waals surface area contributed by atoms with E-state index in [-0.39, 0.29) is 10.6 Å². The minimum atomic E-state index is -1.17. The van der Waals surface area contributed by atoms with Crippen LogP contribution in [0.5, 0.6) is 0 Å². The molecule has 0 aromatic heterocycles. The van der Waals surface area contributed by atoms with Crippen LogP contribution in [0.4, 0.5) is 0 Å². The van der Waals surface area contributed by atoms with Gasteiger partial charge in [0.05, 0.1) is 0 Å². The van der Waals surface area contributed by atoms with Gasteiger partial charge in [-0.05, 0) is 12.5 Å². The molecule has 114 valence electrons. The number of carboxylic acids is 1. The van der Waals surface area contributed by atoms with Crippen LogP contribution in [0.3, 0.4) is 0 Å². The zero-order chi connectivity index (χ0) is 16.3. The van der Waals surface area contributed by atoms with Gasteiger partial charge in [0, 0.05) is 23.1 Å². The van der Waals surface area contributed by atoms with E-state index in [1.54, 1.807) is 31.2 Å². The maximum absolute atomic E-state index is 11.7. The molecule has 3 N–H and O–H groups in total. The van der Waals surface area contributed by atoms with Crippen LogP contribution in [-0.4, -0.2) is 27.2 Å². The third-order valence-electron chi connectivity index (χ3n) is 2.93. The van der Waals surface area contributed by atoms with Gasteiger partial charge in [-0.1, -0.05) is 42.1 Å². The first-order chi connectivity index (χ1) is 10.5. The molecule has 0 saturated carbocycles. The Bertz CT molecular complexity index is 720. The highest BCUT2D eigenvalue weighted by Gasteiger charge is 2.34. The quantitative estimate of drug-likeness (QED) is 0.740. The van der Waals surface area contributed by atoms with E-state index >= 15 is 0 Å². The Morgan fingerprint density at radius 2 is 1.82 bits per heavy atom. The van der Waals surface area contributed by atoms with E-state index in [4.69, 9.17) is 5.21 Å². The van der Waals surface area contributed by atoms with E-state index in [9.17, 15) is 14.7 Å².